The molecule has 6 heteroatoms. The summed E-state index contributed by atoms with van der Waals surface area (Å²) in [6.07, 6.45) is 1.64. The molecule has 2 heterocycles. The maximum Gasteiger partial charge on any atom is 0.254 e. The fourth-order valence-electron chi connectivity index (χ4n) is 3.67. The molecule has 0 bridgehead atoms. The van der Waals surface area contributed by atoms with Crippen LogP contribution in [0.25, 0.3) is 0 Å². The average Bonchev–Trinajstić information content (AvgIpc) is 2.63. The first-order chi connectivity index (χ1) is 12.5. The summed E-state index contributed by atoms with van der Waals surface area (Å²) >= 11 is 8.18. The zero-order valence-corrected chi connectivity index (χ0v) is 16.9. The van der Waals surface area contributed by atoms with E-state index in [0.29, 0.717) is 48.7 Å². The molecule has 1 amide bonds. The van der Waals surface area contributed by atoms with Gasteiger partial charge >= 0.3 is 0 Å². The van der Waals surface area contributed by atoms with E-state index in [1.54, 1.807) is 18.2 Å². The Kier molecular flexibility index (Phi) is 4.69. The van der Waals surface area contributed by atoms with Crippen LogP contribution in [-0.4, -0.2) is 35.3 Å². The molecule has 1 spiro atoms. The largest absolute Gasteiger partial charge is 0.486 e. The molecule has 1 fully saturated rings. The summed E-state index contributed by atoms with van der Waals surface area (Å²) in [6.45, 7) is 1.17. The van der Waals surface area contributed by atoms with Gasteiger partial charge in [-0.15, -0.1) is 0 Å². The smallest absolute Gasteiger partial charge is 0.254 e. The maximum atomic E-state index is 12.8. The predicted octanol–water partition coefficient (Wildman–Crippen LogP) is 4.58. The molecule has 4 rings (SSSR count). The molecule has 2 aliphatic heterocycles. The number of carbonyl (C=O) groups excluding carboxylic acids is 2. The number of likely N-dealkylation sites (tertiary alicyclic amines) is 1. The number of Topliss-reactive ketones (excluding diaryl/α,β-unsaturated/α-hetero) is 1. The van der Waals surface area contributed by atoms with Gasteiger partial charge in [-0.1, -0.05) is 23.7 Å². The van der Waals surface area contributed by atoms with Crippen molar-refractivity contribution < 1.29 is 14.3 Å². The highest BCUT2D eigenvalue weighted by Gasteiger charge is 2.43. The van der Waals surface area contributed by atoms with Gasteiger partial charge in [-0.3, -0.25) is 9.59 Å². The Morgan fingerprint density at radius 3 is 2.62 bits per heavy atom. The van der Waals surface area contributed by atoms with Crippen LogP contribution in [0.2, 0.25) is 5.02 Å². The van der Waals surface area contributed by atoms with Crippen molar-refractivity contribution in [2.75, 3.05) is 13.1 Å². The molecule has 0 radical (unpaired) electrons. The summed E-state index contributed by atoms with van der Waals surface area (Å²) in [5.74, 6) is 0.702. The molecule has 2 aromatic rings. The second kappa shape index (κ2) is 6.85. The lowest BCUT2D eigenvalue weighted by atomic mass is 9.82. The number of hydrogen-bond donors (Lipinski definition) is 0. The standard InChI is InChI=1S/C20H17ClINO3/c21-13-5-6-18-15(11-13)17(24)12-20(26-18)7-9-23(10-8-20)19(25)14-3-1-2-4-16(14)22/h1-6,11H,7-10,12H2. The van der Waals surface area contributed by atoms with E-state index in [1.807, 2.05) is 29.2 Å². The summed E-state index contributed by atoms with van der Waals surface area (Å²) < 4.78 is 7.17. The number of nitrogens with zero attached hydrogens (tertiary/aromatic N) is 1. The molecule has 0 unspecified atom stereocenters. The Bertz CT molecular complexity index is 890. The van der Waals surface area contributed by atoms with E-state index in [9.17, 15) is 9.59 Å². The van der Waals surface area contributed by atoms with Gasteiger partial charge in [0.15, 0.2) is 5.78 Å². The van der Waals surface area contributed by atoms with Crippen molar-refractivity contribution in [1.82, 2.24) is 4.90 Å². The number of carbonyl (C=O) groups is 2. The van der Waals surface area contributed by atoms with E-state index in [4.69, 9.17) is 16.3 Å². The van der Waals surface area contributed by atoms with Crippen LogP contribution in [0.3, 0.4) is 0 Å². The summed E-state index contributed by atoms with van der Waals surface area (Å²) in [4.78, 5) is 27.2. The number of hydrogen-bond acceptors (Lipinski definition) is 3. The molecule has 0 N–H and O–H groups in total. The van der Waals surface area contributed by atoms with Gasteiger partial charge in [0, 0.05) is 34.5 Å². The zero-order valence-electron chi connectivity index (χ0n) is 14.0. The Balaban J connectivity index is 1.50. The zero-order chi connectivity index (χ0) is 18.3. The van der Waals surface area contributed by atoms with Crippen molar-refractivity contribution in [3.8, 4) is 5.75 Å². The first kappa shape index (κ1) is 17.8. The number of fused-ring (bicyclic) bond motifs is 1. The van der Waals surface area contributed by atoms with Crippen LogP contribution >= 0.6 is 34.2 Å². The van der Waals surface area contributed by atoms with Crippen LogP contribution in [0.15, 0.2) is 42.5 Å². The first-order valence-electron chi connectivity index (χ1n) is 8.53. The Hall–Kier alpha value is -1.60. The molecule has 134 valence electrons. The molecule has 0 aromatic heterocycles. The van der Waals surface area contributed by atoms with Crippen LogP contribution in [0.5, 0.6) is 5.75 Å². The average molecular weight is 482 g/mol. The number of amides is 1. The van der Waals surface area contributed by atoms with Gasteiger partial charge < -0.3 is 9.64 Å². The molecule has 2 aromatic carbocycles. The van der Waals surface area contributed by atoms with Crippen molar-refractivity contribution in [3.05, 3.63) is 62.2 Å². The predicted molar refractivity (Wildman–Crippen MR) is 108 cm³/mol. The second-order valence-electron chi connectivity index (χ2n) is 6.80. The minimum absolute atomic E-state index is 0.0409. The fourth-order valence-corrected chi connectivity index (χ4v) is 4.46. The minimum atomic E-state index is -0.515. The van der Waals surface area contributed by atoms with Gasteiger partial charge in [0.05, 0.1) is 17.5 Å². The van der Waals surface area contributed by atoms with Crippen molar-refractivity contribution in [2.24, 2.45) is 0 Å². The van der Waals surface area contributed by atoms with E-state index in [1.165, 1.54) is 0 Å². The van der Waals surface area contributed by atoms with Crippen LogP contribution < -0.4 is 4.74 Å². The van der Waals surface area contributed by atoms with E-state index in [0.717, 1.165) is 9.13 Å². The monoisotopic (exact) mass is 481 g/mol. The van der Waals surface area contributed by atoms with Crippen LogP contribution in [-0.2, 0) is 0 Å². The summed E-state index contributed by atoms with van der Waals surface area (Å²) in [6, 6.07) is 12.8. The van der Waals surface area contributed by atoms with Gasteiger partial charge in [0.1, 0.15) is 11.4 Å². The number of rotatable bonds is 1. The number of benzene rings is 2. The fraction of sp³-hybridized carbons (Fsp3) is 0.300. The van der Waals surface area contributed by atoms with E-state index in [2.05, 4.69) is 22.6 Å². The maximum absolute atomic E-state index is 12.8. The second-order valence-corrected chi connectivity index (χ2v) is 8.40. The van der Waals surface area contributed by atoms with Gasteiger partial charge in [0.2, 0.25) is 0 Å². The first-order valence-corrected chi connectivity index (χ1v) is 9.99. The number of ketones is 1. The van der Waals surface area contributed by atoms with Gasteiger partial charge in [-0.2, -0.15) is 0 Å². The van der Waals surface area contributed by atoms with Gasteiger partial charge in [-0.25, -0.2) is 0 Å². The molecular formula is C20H17ClINO3. The number of piperidine rings is 1. The highest BCUT2D eigenvalue weighted by Crippen LogP contribution is 2.40. The summed E-state index contributed by atoms with van der Waals surface area (Å²) in [5.41, 5.74) is 0.767. The molecule has 0 atom stereocenters. The topological polar surface area (TPSA) is 46.6 Å². The Morgan fingerprint density at radius 2 is 1.88 bits per heavy atom. The SMILES string of the molecule is O=C1CC2(CCN(C(=O)c3ccccc3I)CC2)Oc2ccc(Cl)cc21. The van der Waals surface area contributed by atoms with Crippen LogP contribution in [0.1, 0.15) is 40.0 Å². The van der Waals surface area contributed by atoms with Crippen molar-refractivity contribution in [2.45, 2.75) is 24.9 Å². The lowest BCUT2D eigenvalue weighted by Gasteiger charge is -2.44. The lowest BCUT2D eigenvalue weighted by molar-refractivity contribution is -0.00572. The highest BCUT2D eigenvalue weighted by atomic mass is 127. The third kappa shape index (κ3) is 3.22. The van der Waals surface area contributed by atoms with Gasteiger partial charge in [-0.05, 0) is 52.9 Å². The third-order valence-corrected chi connectivity index (χ3v) is 6.29. The third-order valence-electron chi connectivity index (χ3n) is 5.12. The van der Waals surface area contributed by atoms with Crippen LogP contribution in [0.4, 0.5) is 0 Å². The quantitative estimate of drug-likeness (QED) is 0.560. The van der Waals surface area contributed by atoms with Crippen LogP contribution in [0, 0.1) is 3.57 Å². The summed E-state index contributed by atoms with van der Waals surface area (Å²) in [7, 11) is 0. The lowest BCUT2D eigenvalue weighted by Crippen LogP contribution is -2.52. The Labute approximate surface area is 170 Å². The molecule has 26 heavy (non-hydrogen) atoms. The molecule has 0 aliphatic carbocycles. The van der Waals surface area contributed by atoms with Crippen molar-refractivity contribution >= 4 is 45.9 Å². The van der Waals surface area contributed by atoms with Crippen molar-refractivity contribution in [3.63, 3.8) is 0 Å². The molecule has 0 saturated carbocycles. The number of halogens is 2. The molecule has 1 saturated heterocycles. The Morgan fingerprint density at radius 1 is 1.15 bits per heavy atom. The normalized spacial score (nSPS) is 18.4. The van der Waals surface area contributed by atoms with Gasteiger partial charge in [0.25, 0.3) is 5.91 Å². The number of ether oxygens (including phenoxy) is 1. The highest BCUT2D eigenvalue weighted by molar-refractivity contribution is 14.1. The summed E-state index contributed by atoms with van der Waals surface area (Å²) in [5, 5.41) is 0.537. The minimum Gasteiger partial charge on any atom is -0.486 e. The molecular weight excluding hydrogens is 465 g/mol. The van der Waals surface area contributed by atoms with E-state index in [-0.39, 0.29) is 11.7 Å². The molecule has 4 nitrogen and oxygen atoms in total. The van der Waals surface area contributed by atoms with Crippen molar-refractivity contribution in [1.29, 1.82) is 0 Å². The van der Waals surface area contributed by atoms with E-state index < -0.39 is 5.60 Å². The molecule has 2 aliphatic rings. The van der Waals surface area contributed by atoms with E-state index >= 15 is 0 Å².